The molecule has 1 rings (SSSR count). The van der Waals surface area contributed by atoms with Gasteiger partial charge in [0, 0.05) is 17.8 Å². The molecule has 1 unspecified atom stereocenters. The lowest BCUT2D eigenvalue weighted by Gasteiger charge is -2.13. The summed E-state index contributed by atoms with van der Waals surface area (Å²) in [5.74, 6) is 6.62. The van der Waals surface area contributed by atoms with Crippen molar-refractivity contribution >= 4 is 23.1 Å². The number of hydrazine groups is 1. The summed E-state index contributed by atoms with van der Waals surface area (Å²) in [7, 11) is 0. The van der Waals surface area contributed by atoms with Gasteiger partial charge in [0.15, 0.2) is 0 Å². The summed E-state index contributed by atoms with van der Waals surface area (Å²) in [6.07, 6.45) is 4.14. The van der Waals surface area contributed by atoms with E-state index < -0.39 is 0 Å². The van der Waals surface area contributed by atoms with E-state index in [-0.39, 0.29) is 0 Å². The first kappa shape index (κ1) is 12.0. The fourth-order valence-electron chi connectivity index (χ4n) is 1.26. The minimum absolute atomic E-state index is 0.351. The van der Waals surface area contributed by atoms with Crippen LogP contribution in [0, 0.1) is 6.92 Å². The molecule has 3 nitrogen and oxygen atoms in total. The monoisotopic (exact) mass is 231 g/mol. The summed E-state index contributed by atoms with van der Waals surface area (Å²) >= 11 is 3.54. The Kier molecular flexibility index (Phi) is 5.47. The number of nitrogens with one attached hydrogen (secondary N) is 1. The van der Waals surface area contributed by atoms with Crippen molar-refractivity contribution in [2.24, 2.45) is 5.84 Å². The van der Waals surface area contributed by atoms with Gasteiger partial charge in [0.2, 0.25) is 0 Å². The first-order valence-corrected chi connectivity index (χ1v) is 6.89. The highest BCUT2D eigenvalue weighted by Gasteiger charge is 2.08. The quantitative estimate of drug-likeness (QED) is 0.576. The van der Waals surface area contributed by atoms with Crippen LogP contribution < -0.4 is 11.3 Å². The van der Waals surface area contributed by atoms with Gasteiger partial charge >= 0.3 is 0 Å². The summed E-state index contributed by atoms with van der Waals surface area (Å²) in [5, 5.41) is 3.24. The molecule has 5 heteroatoms. The maximum absolute atomic E-state index is 5.48. The van der Waals surface area contributed by atoms with Gasteiger partial charge in [-0.15, -0.1) is 11.3 Å². The predicted molar refractivity (Wildman–Crippen MR) is 64.7 cm³/mol. The molecular weight excluding hydrogens is 214 g/mol. The molecule has 0 amide bonds. The lowest BCUT2D eigenvalue weighted by Crippen LogP contribution is -2.37. The SMILES string of the molecule is CSCCC(Cc1csc(C)n1)NN. The summed E-state index contributed by atoms with van der Waals surface area (Å²) < 4.78 is 0. The number of thioether (sulfide) groups is 1. The third kappa shape index (κ3) is 3.96. The molecule has 0 aliphatic heterocycles. The third-order valence-corrected chi connectivity index (χ3v) is 3.49. The molecule has 3 N–H and O–H groups in total. The molecule has 1 aromatic rings. The molecule has 80 valence electrons. The van der Waals surface area contributed by atoms with Crippen LogP contribution in [0.25, 0.3) is 0 Å². The maximum atomic E-state index is 5.48. The van der Waals surface area contributed by atoms with Gasteiger partial charge in [-0.1, -0.05) is 0 Å². The molecule has 14 heavy (non-hydrogen) atoms. The van der Waals surface area contributed by atoms with Crippen LogP contribution in [0.2, 0.25) is 0 Å². The first-order chi connectivity index (χ1) is 6.76. The number of rotatable bonds is 6. The lowest BCUT2D eigenvalue weighted by molar-refractivity contribution is 0.510. The zero-order chi connectivity index (χ0) is 10.4. The molecule has 0 fully saturated rings. The number of thiazole rings is 1. The van der Waals surface area contributed by atoms with Gasteiger partial charge in [-0.3, -0.25) is 11.3 Å². The Morgan fingerprint density at radius 3 is 3.00 bits per heavy atom. The van der Waals surface area contributed by atoms with E-state index in [0.29, 0.717) is 6.04 Å². The van der Waals surface area contributed by atoms with Crippen molar-refractivity contribution in [1.29, 1.82) is 0 Å². The topological polar surface area (TPSA) is 50.9 Å². The minimum Gasteiger partial charge on any atom is -0.271 e. The number of aromatic nitrogens is 1. The predicted octanol–water partition coefficient (Wildman–Crippen LogP) is 1.58. The van der Waals surface area contributed by atoms with Crippen molar-refractivity contribution < 1.29 is 0 Å². The fourth-order valence-corrected chi connectivity index (χ4v) is 2.40. The van der Waals surface area contributed by atoms with Crippen molar-refractivity contribution in [3.63, 3.8) is 0 Å². The van der Waals surface area contributed by atoms with Crippen molar-refractivity contribution in [1.82, 2.24) is 10.4 Å². The summed E-state index contributed by atoms with van der Waals surface area (Å²) in [5.41, 5.74) is 4.00. The molecule has 0 aliphatic rings. The van der Waals surface area contributed by atoms with Gasteiger partial charge in [-0.25, -0.2) is 4.98 Å². The van der Waals surface area contributed by atoms with Crippen LogP contribution in [0.3, 0.4) is 0 Å². The van der Waals surface area contributed by atoms with E-state index in [1.807, 2.05) is 18.7 Å². The Bertz CT molecular complexity index is 262. The average molecular weight is 231 g/mol. The Morgan fingerprint density at radius 2 is 2.50 bits per heavy atom. The number of hydrogen-bond donors (Lipinski definition) is 2. The number of aryl methyl sites for hydroxylation is 1. The number of nitrogens with zero attached hydrogens (tertiary/aromatic N) is 1. The van der Waals surface area contributed by atoms with Gasteiger partial charge in [0.25, 0.3) is 0 Å². The van der Waals surface area contributed by atoms with E-state index in [1.54, 1.807) is 11.3 Å². The molecule has 0 radical (unpaired) electrons. The van der Waals surface area contributed by atoms with E-state index in [2.05, 4.69) is 22.0 Å². The zero-order valence-electron chi connectivity index (χ0n) is 8.62. The Hall–Kier alpha value is -0.100. The summed E-state index contributed by atoms with van der Waals surface area (Å²) in [4.78, 5) is 4.42. The largest absolute Gasteiger partial charge is 0.271 e. The summed E-state index contributed by atoms with van der Waals surface area (Å²) in [6.45, 7) is 2.03. The molecule has 1 atom stereocenters. The van der Waals surface area contributed by atoms with Crippen molar-refractivity contribution in [2.45, 2.75) is 25.8 Å². The van der Waals surface area contributed by atoms with Gasteiger partial charge in [0.05, 0.1) is 10.7 Å². The van der Waals surface area contributed by atoms with Crippen molar-refractivity contribution in [3.05, 3.63) is 16.1 Å². The molecule has 0 aliphatic carbocycles. The van der Waals surface area contributed by atoms with Crippen LogP contribution >= 0.6 is 23.1 Å². The summed E-state index contributed by atoms with van der Waals surface area (Å²) in [6, 6.07) is 0.351. The standard InChI is InChI=1S/C9H17N3S2/c1-7-11-9(6-14-7)5-8(12-10)3-4-13-2/h6,8,12H,3-5,10H2,1-2H3. The first-order valence-electron chi connectivity index (χ1n) is 4.62. The van der Waals surface area contributed by atoms with Crippen LogP contribution in [0.15, 0.2) is 5.38 Å². The zero-order valence-corrected chi connectivity index (χ0v) is 10.3. The second-order valence-corrected chi connectivity index (χ2v) is 5.25. The molecule has 1 aromatic heterocycles. The number of nitrogens with two attached hydrogens (primary N) is 1. The van der Waals surface area contributed by atoms with Gasteiger partial charge in [-0.05, 0) is 25.4 Å². The highest BCUT2D eigenvalue weighted by atomic mass is 32.2. The van der Waals surface area contributed by atoms with E-state index in [0.717, 1.165) is 29.3 Å². The Balaban J connectivity index is 2.40. The average Bonchev–Trinajstić information content (AvgIpc) is 2.58. The maximum Gasteiger partial charge on any atom is 0.0897 e. The third-order valence-electron chi connectivity index (χ3n) is 2.03. The van der Waals surface area contributed by atoms with E-state index in [1.165, 1.54) is 0 Å². The lowest BCUT2D eigenvalue weighted by atomic mass is 10.1. The molecule has 0 spiro atoms. The molecule has 1 heterocycles. The van der Waals surface area contributed by atoms with Gasteiger partial charge in [-0.2, -0.15) is 11.8 Å². The normalized spacial score (nSPS) is 13.1. The van der Waals surface area contributed by atoms with Gasteiger partial charge < -0.3 is 0 Å². The van der Waals surface area contributed by atoms with Crippen molar-refractivity contribution in [2.75, 3.05) is 12.0 Å². The van der Waals surface area contributed by atoms with Crippen LogP contribution in [-0.2, 0) is 6.42 Å². The van der Waals surface area contributed by atoms with E-state index >= 15 is 0 Å². The second-order valence-electron chi connectivity index (χ2n) is 3.21. The van der Waals surface area contributed by atoms with Crippen LogP contribution in [0.1, 0.15) is 17.1 Å². The van der Waals surface area contributed by atoms with Crippen LogP contribution in [0.4, 0.5) is 0 Å². The fraction of sp³-hybridized carbons (Fsp3) is 0.667. The highest BCUT2D eigenvalue weighted by molar-refractivity contribution is 7.98. The minimum atomic E-state index is 0.351. The van der Waals surface area contributed by atoms with Crippen LogP contribution in [-0.4, -0.2) is 23.0 Å². The molecule has 0 aromatic carbocycles. The Morgan fingerprint density at radius 1 is 1.71 bits per heavy atom. The number of hydrogen-bond acceptors (Lipinski definition) is 5. The van der Waals surface area contributed by atoms with Crippen LogP contribution in [0.5, 0.6) is 0 Å². The highest BCUT2D eigenvalue weighted by Crippen LogP contribution is 2.11. The molecule has 0 saturated heterocycles. The molecule has 0 bridgehead atoms. The van der Waals surface area contributed by atoms with Crippen molar-refractivity contribution in [3.8, 4) is 0 Å². The van der Waals surface area contributed by atoms with Gasteiger partial charge in [0.1, 0.15) is 0 Å². The smallest absolute Gasteiger partial charge is 0.0897 e. The molecule has 0 saturated carbocycles. The Labute approximate surface area is 93.5 Å². The molecular formula is C9H17N3S2. The second kappa shape index (κ2) is 6.40. The van der Waals surface area contributed by atoms with E-state index in [9.17, 15) is 0 Å². The van der Waals surface area contributed by atoms with E-state index in [4.69, 9.17) is 5.84 Å².